The predicted molar refractivity (Wildman–Crippen MR) is 41.2 cm³/mol. The quantitative estimate of drug-likeness (QED) is 0.361. The van der Waals surface area contributed by atoms with E-state index in [1.807, 2.05) is 0 Å². The van der Waals surface area contributed by atoms with E-state index in [4.69, 9.17) is 11.5 Å². The highest BCUT2D eigenvalue weighted by Crippen LogP contribution is 1.97. The van der Waals surface area contributed by atoms with Gasteiger partial charge in [0.1, 0.15) is 5.37 Å². The maximum Gasteiger partial charge on any atom is 0.155 e. The van der Waals surface area contributed by atoms with Crippen LogP contribution in [0.1, 0.15) is 19.3 Å². The molecule has 1 unspecified atom stereocenters. The van der Waals surface area contributed by atoms with Crippen LogP contribution in [-0.4, -0.2) is 20.3 Å². The Morgan fingerprint density at radius 3 is 2.30 bits per heavy atom. The Bertz CT molecular complexity index is 139. The van der Waals surface area contributed by atoms with Gasteiger partial charge in [-0.1, -0.05) is 0 Å². The molecule has 0 amide bonds. The van der Waals surface area contributed by atoms with Gasteiger partial charge >= 0.3 is 0 Å². The molecule has 0 saturated heterocycles. The fraction of sp³-hybridized carbons (Fsp3) is 1.00. The van der Waals surface area contributed by atoms with Crippen LogP contribution in [0.5, 0.6) is 0 Å². The van der Waals surface area contributed by atoms with Gasteiger partial charge in [-0.15, -0.1) is 0 Å². The molecule has 10 heavy (non-hydrogen) atoms. The van der Waals surface area contributed by atoms with Crippen molar-refractivity contribution in [1.29, 1.82) is 0 Å². The summed E-state index contributed by atoms with van der Waals surface area (Å²) in [5.74, 6) is 0. The topological polar surface area (TPSA) is 86.2 Å². The highest BCUT2D eigenvalue weighted by atomic mass is 32.2. The van der Waals surface area contributed by atoms with Crippen molar-refractivity contribution in [3.8, 4) is 0 Å². The van der Waals surface area contributed by atoms with Crippen LogP contribution in [0.3, 0.4) is 0 Å². The third-order valence-corrected chi connectivity index (χ3v) is 2.02. The van der Waals surface area contributed by atoms with Crippen LogP contribution < -0.4 is 11.5 Å². The maximum atomic E-state index is 10.2. The summed E-state index contributed by atoms with van der Waals surface area (Å²) in [4.78, 5) is 0. The predicted octanol–water partition coefficient (Wildman–Crippen LogP) is -0.988. The number of hydrogen-bond acceptors (Lipinski definition) is 4. The van der Waals surface area contributed by atoms with Crippen molar-refractivity contribution >= 4 is 10.7 Å². The molecule has 0 heterocycles. The van der Waals surface area contributed by atoms with Crippen molar-refractivity contribution in [2.45, 2.75) is 24.6 Å². The number of thiol groups is 1. The molecule has 0 fully saturated rings. The Morgan fingerprint density at radius 1 is 1.30 bits per heavy atom. The molecule has 0 rings (SSSR count). The SMILES string of the molecule is NCCCCC(N)[SH](=O)=O. The molecule has 1 atom stereocenters. The second-order valence-electron chi connectivity index (χ2n) is 2.14. The van der Waals surface area contributed by atoms with Gasteiger partial charge in [0, 0.05) is 0 Å². The van der Waals surface area contributed by atoms with Crippen LogP contribution in [0.25, 0.3) is 0 Å². The van der Waals surface area contributed by atoms with Crippen molar-refractivity contribution in [2.75, 3.05) is 6.54 Å². The van der Waals surface area contributed by atoms with Crippen LogP contribution in [-0.2, 0) is 10.7 Å². The van der Waals surface area contributed by atoms with Gasteiger partial charge in [0.05, 0.1) is 0 Å². The second kappa shape index (κ2) is 5.64. The molecule has 62 valence electrons. The standard InChI is InChI=1S/C5H14N2O2S/c6-4-2-1-3-5(7)10(8)9/h5,10H,1-4,6-7H2. The molecule has 0 radical (unpaired) electrons. The lowest BCUT2D eigenvalue weighted by Crippen LogP contribution is -2.21. The molecule has 0 aromatic heterocycles. The van der Waals surface area contributed by atoms with Crippen molar-refractivity contribution in [2.24, 2.45) is 11.5 Å². The molecule has 0 saturated carbocycles. The summed E-state index contributed by atoms with van der Waals surface area (Å²) < 4.78 is 20.3. The monoisotopic (exact) mass is 166 g/mol. The van der Waals surface area contributed by atoms with Crippen LogP contribution in [0.2, 0.25) is 0 Å². The first-order valence-corrected chi connectivity index (χ1v) is 4.52. The molecule has 4 N–H and O–H groups in total. The van der Waals surface area contributed by atoms with Gasteiger partial charge in [0.2, 0.25) is 0 Å². The molecule has 0 aromatic rings. The van der Waals surface area contributed by atoms with Crippen LogP contribution in [0, 0.1) is 0 Å². The summed E-state index contributed by atoms with van der Waals surface area (Å²) in [5, 5.41) is -0.679. The van der Waals surface area contributed by atoms with Crippen LogP contribution in [0.4, 0.5) is 0 Å². The molecule has 0 aliphatic heterocycles. The zero-order chi connectivity index (χ0) is 7.98. The van der Waals surface area contributed by atoms with Gasteiger partial charge in [-0.2, -0.15) is 0 Å². The largest absolute Gasteiger partial charge is 0.330 e. The first-order chi connectivity index (χ1) is 4.68. The normalized spacial score (nSPS) is 13.9. The molecule has 0 spiro atoms. The lowest BCUT2D eigenvalue weighted by Gasteiger charge is -2.00. The molecular weight excluding hydrogens is 152 g/mol. The Morgan fingerprint density at radius 2 is 1.90 bits per heavy atom. The lowest BCUT2D eigenvalue weighted by atomic mass is 10.2. The molecule has 0 bridgehead atoms. The van der Waals surface area contributed by atoms with Crippen LogP contribution >= 0.6 is 0 Å². The van der Waals surface area contributed by atoms with Gasteiger partial charge in [-0.3, -0.25) is 0 Å². The van der Waals surface area contributed by atoms with E-state index < -0.39 is 16.1 Å². The van der Waals surface area contributed by atoms with Gasteiger partial charge in [0.15, 0.2) is 10.7 Å². The van der Waals surface area contributed by atoms with Crippen molar-refractivity contribution in [3.63, 3.8) is 0 Å². The first-order valence-electron chi connectivity index (χ1n) is 3.27. The van der Waals surface area contributed by atoms with E-state index in [9.17, 15) is 8.42 Å². The fourth-order valence-corrected chi connectivity index (χ4v) is 0.997. The maximum absolute atomic E-state index is 10.2. The average molecular weight is 166 g/mol. The van der Waals surface area contributed by atoms with E-state index in [0.29, 0.717) is 13.0 Å². The summed E-state index contributed by atoms with van der Waals surface area (Å²) >= 11 is 0. The third kappa shape index (κ3) is 4.72. The minimum absolute atomic E-state index is 0.524. The number of nitrogens with two attached hydrogens (primary N) is 2. The lowest BCUT2D eigenvalue weighted by molar-refractivity contribution is 0.583. The number of hydrogen-bond donors (Lipinski definition) is 3. The van der Waals surface area contributed by atoms with Gasteiger partial charge in [0.25, 0.3) is 0 Å². The van der Waals surface area contributed by atoms with E-state index in [2.05, 4.69) is 0 Å². The highest BCUT2D eigenvalue weighted by Gasteiger charge is 2.02. The number of rotatable bonds is 5. The van der Waals surface area contributed by atoms with E-state index in [1.165, 1.54) is 0 Å². The first kappa shape index (κ1) is 9.87. The third-order valence-electron chi connectivity index (χ3n) is 1.22. The molecule has 0 aliphatic rings. The molecule has 0 aromatic carbocycles. The second-order valence-corrected chi connectivity index (χ2v) is 3.37. The van der Waals surface area contributed by atoms with Gasteiger partial charge in [-0.05, 0) is 25.8 Å². The molecule has 0 aliphatic carbocycles. The molecule has 4 nitrogen and oxygen atoms in total. The Balaban J connectivity index is 3.30. The van der Waals surface area contributed by atoms with Crippen molar-refractivity contribution in [1.82, 2.24) is 0 Å². The van der Waals surface area contributed by atoms with E-state index in [-0.39, 0.29) is 0 Å². The zero-order valence-corrected chi connectivity index (χ0v) is 6.72. The highest BCUT2D eigenvalue weighted by molar-refractivity contribution is 7.73. The van der Waals surface area contributed by atoms with Crippen molar-refractivity contribution < 1.29 is 8.42 Å². The minimum atomic E-state index is -2.44. The average Bonchev–Trinajstić information content (AvgIpc) is 1.88. The smallest absolute Gasteiger partial charge is 0.155 e. The zero-order valence-electron chi connectivity index (χ0n) is 5.82. The minimum Gasteiger partial charge on any atom is -0.330 e. The molecule has 5 heteroatoms. The van der Waals surface area contributed by atoms with E-state index in [0.717, 1.165) is 12.8 Å². The Hall–Kier alpha value is -0.130. The summed E-state index contributed by atoms with van der Waals surface area (Å²) in [6.07, 6.45) is 2.16. The summed E-state index contributed by atoms with van der Waals surface area (Å²) in [5.41, 5.74) is 10.4. The van der Waals surface area contributed by atoms with Gasteiger partial charge < -0.3 is 11.5 Å². The van der Waals surface area contributed by atoms with Crippen LogP contribution in [0.15, 0.2) is 0 Å². The fourth-order valence-electron chi connectivity index (χ4n) is 0.603. The van der Waals surface area contributed by atoms with E-state index >= 15 is 0 Å². The number of unbranched alkanes of at least 4 members (excludes halogenated alkanes) is 1. The van der Waals surface area contributed by atoms with Crippen molar-refractivity contribution in [3.05, 3.63) is 0 Å². The Labute approximate surface area is 62.5 Å². The molecular formula is C5H14N2O2S. The van der Waals surface area contributed by atoms with Gasteiger partial charge in [-0.25, -0.2) is 8.42 Å². The Kier molecular flexibility index (Phi) is 5.57. The summed E-state index contributed by atoms with van der Waals surface area (Å²) in [7, 11) is -2.44. The summed E-state index contributed by atoms with van der Waals surface area (Å²) in [6, 6.07) is 0. The summed E-state index contributed by atoms with van der Waals surface area (Å²) in [6.45, 7) is 0.600. The van der Waals surface area contributed by atoms with E-state index in [1.54, 1.807) is 0 Å².